The molecule has 166 valence electrons. The Balaban J connectivity index is 1.44. The predicted octanol–water partition coefficient (Wildman–Crippen LogP) is 3.29. The summed E-state index contributed by atoms with van der Waals surface area (Å²) < 4.78 is 72.1. The van der Waals surface area contributed by atoms with Crippen LogP contribution in [-0.2, 0) is 21.4 Å². The summed E-state index contributed by atoms with van der Waals surface area (Å²) in [7, 11) is -4.00. The van der Waals surface area contributed by atoms with Gasteiger partial charge in [0.1, 0.15) is 12.0 Å². The van der Waals surface area contributed by atoms with Crippen molar-refractivity contribution in [1.29, 1.82) is 0 Å². The Bertz CT molecular complexity index is 1110. The van der Waals surface area contributed by atoms with E-state index in [1.165, 1.54) is 17.6 Å². The van der Waals surface area contributed by atoms with Crippen molar-refractivity contribution >= 4 is 27.3 Å². The molecule has 2 aromatic heterocycles. The third-order valence-electron chi connectivity index (χ3n) is 3.76. The Hall–Kier alpha value is -2.90. The fraction of sp³-hybridized carbons (Fsp3) is 0.222. The van der Waals surface area contributed by atoms with Crippen molar-refractivity contribution in [3.63, 3.8) is 0 Å². The monoisotopic (exact) mass is 475 g/mol. The van der Waals surface area contributed by atoms with E-state index in [-0.39, 0.29) is 24.4 Å². The fourth-order valence-corrected chi connectivity index (χ4v) is 4.07. The first-order chi connectivity index (χ1) is 14.6. The summed E-state index contributed by atoms with van der Waals surface area (Å²) in [4.78, 5) is 16.8. The van der Waals surface area contributed by atoms with E-state index in [4.69, 9.17) is 4.42 Å². The number of halogens is 3. The number of oxazole rings is 1. The zero-order valence-electron chi connectivity index (χ0n) is 15.7. The van der Waals surface area contributed by atoms with Crippen LogP contribution in [0.25, 0.3) is 10.8 Å². The lowest BCUT2D eigenvalue weighted by molar-refractivity contribution is -0.274. The number of hydrogen-bond donors (Lipinski definition) is 2. The Morgan fingerprint density at radius 2 is 1.94 bits per heavy atom. The number of nitrogens with zero attached hydrogens (tertiary/aromatic N) is 1. The second-order valence-corrected chi connectivity index (χ2v) is 8.78. The lowest BCUT2D eigenvalue weighted by Gasteiger charge is -2.10. The lowest BCUT2D eigenvalue weighted by Crippen LogP contribution is -2.30. The normalized spacial score (nSPS) is 12.0. The minimum absolute atomic E-state index is 0.112. The van der Waals surface area contributed by atoms with Gasteiger partial charge in [-0.2, -0.15) is 0 Å². The van der Waals surface area contributed by atoms with Crippen LogP contribution in [0, 0.1) is 0 Å². The van der Waals surface area contributed by atoms with Gasteiger partial charge in [-0.15, -0.1) is 24.5 Å². The Labute approximate surface area is 179 Å². The SMILES string of the molecule is O=C(CCNS(=O)(=O)c1ccc(OC(F)(F)F)cc1)NCc1coc(-c2cccs2)n1. The molecule has 0 radical (unpaired) electrons. The third kappa shape index (κ3) is 6.80. The smallest absolute Gasteiger partial charge is 0.443 e. The number of aromatic nitrogens is 1. The molecule has 13 heteroatoms. The summed E-state index contributed by atoms with van der Waals surface area (Å²) in [5.74, 6) is -0.517. The van der Waals surface area contributed by atoms with Crippen LogP contribution < -0.4 is 14.8 Å². The molecular weight excluding hydrogens is 459 g/mol. The highest BCUT2D eigenvalue weighted by molar-refractivity contribution is 7.89. The quantitative estimate of drug-likeness (QED) is 0.492. The summed E-state index contributed by atoms with van der Waals surface area (Å²) in [6, 6.07) is 7.42. The number of carbonyl (C=O) groups excluding carboxylic acids is 1. The van der Waals surface area contributed by atoms with Crippen molar-refractivity contribution in [3.05, 3.63) is 53.7 Å². The molecule has 0 aliphatic carbocycles. The van der Waals surface area contributed by atoms with Gasteiger partial charge >= 0.3 is 6.36 Å². The van der Waals surface area contributed by atoms with Crippen molar-refractivity contribution in [2.45, 2.75) is 24.2 Å². The van der Waals surface area contributed by atoms with Crippen LogP contribution in [0.1, 0.15) is 12.1 Å². The Morgan fingerprint density at radius 1 is 1.19 bits per heavy atom. The van der Waals surface area contributed by atoms with Crippen LogP contribution in [0.15, 0.2) is 57.4 Å². The lowest BCUT2D eigenvalue weighted by atomic mass is 10.3. The molecule has 31 heavy (non-hydrogen) atoms. The largest absolute Gasteiger partial charge is 0.573 e. The summed E-state index contributed by atoms with van der Waals surface area (Å²) in [6.45, 7) is -0.0879. The van der Waals surface area contributed by atoms with Crippen molar-refractivity contribution in [2.75, 3.05) is 6.54 Å². The first-order valence-corrected chi connectivity index (χ1v) is 11.1. The van der Waals surface area contributed by atoms with Crippen molar-refractivity contribution in [3.8, 4) is 16.5 Å². The second kappa shape index (κ2) is 9.49. The van der Waals surface area contributed by atoms with Crippen molar-refractivity contribution in [2.24, 2.45) is 0 Å². The molecule has 0 bridgehead atoms. The number of amides is 1. The highest BCUT2D eigenvalue weighted by Gasteiger charge is 2.31. The molecule has 0 unspecified atom stereocenters. The van der Waals surface area contributed by atoms with E-state index in [1.807, 2.05) is 17.5 Å². The van der Waals surface area contributed by atoms with E-state index in [2.05, 4.69) is 19.8 Å². The maximum Gasteiger partial charge on any atom is 0.573 e. The van der Waals surface area contributed by atoms with Crippen LogP contribution >= 0.6 is 11.3 Å². The number of thiophene rings is 1. The standard InChI is InChI=1S/C18H16F3N3O5S2/c19-18(20,21)29-13-3-5-14(6-4-13)31(26,27)23-8-7-16(25)22-10-12-11-28-17(24-12)15-2-1-9-30-15/h1-6,9,11,23H,7-8,10H2,(H,22,25). The highest BCUT2D eigenvalue weighted by atomic mass is 32.2. The third-order valence-corrected chi connectivity index (χ3v) is 6.10. The van der Waals surface area contributed by atoms with Gasteiger partial charge < -0.3 is 14.5 Å². The van der Waals surface area contributed by atoms with E-state index in [0.717, 1.165) is 29.1 Å². The molecule has 2 heterocycles. The highest BCUT2D eigenvalue weighted by Crippen LogP contribution is 2.24. The summed E-state index contributed by atoms with van der Waals surface area (Å²) in [6.07, 6.45) is -3.60. The number of hydrogen-bond acceptors (Lipinski definition) is 7. The van der Waals surface area contributed by atoms with E-state index in [0.29, 0.717) is 11.6 Å². The molecule has 2 N–H and O–H groups in total. The van der Waals surface area contributed by atoms with Crippen LogP contribution in [0.3, 0.4) is 0 Å². The Morgan fingerprint density at radius 3 is 2.58 bits per heavy atom. The van der Waals surface area contributed by atoms with Gasteiger partial charge in [0, 0.05) is 13.0 Å². The van der Waals surface area contributed by atoms with E-state index in [1.54, 1.807) is 0 Å². The number of carbonyl (C=O) groups is 1. The fourth-order valence-electron chi connectivity index (χ4n) is 2.38. The number of sulfonamides is 1. The van der Waals surface area contributed by atoms with Crippen LogP contribution in [0.2, 0.25) is 0 Å². The van der Waals surface area contributed by atoms with Crippen LogP contribution in [0.4, 0.5) is 13.2 Å². The van der Waals surface area contributed by atoms with Gasteiger partial charge in [-0.05, 0) is 35.7 Å². The van der Waals surface area contributed by atoms with Crippen molar-refractivity contribution in [1.82, 2.24) is 15.0 Å². The number of alkyl halides is 3. The zero-order chi connectivity index (χ0) is 22.5. The van der Waals surface area contributed by atoms with Gasteiger partial charge in [-0.25, -0.2) is 18.1 Å². The van der Waals surface area contributed by atoms with Gasteiger partial charge in [0.05, 0.1) is 22.0 Å². The molecule has 0 aliphatic rings. The zero-order valence-corrected chi connectivity index (χ0v) is 17.3. The van der Waals surface area contributed by atoms with Crippen LogP contribution in [0.5, 0.6) is 5.75 Å². The summed E-state index contributed by atoms with van der Waals surface area (Å²) >= 11 is 1.46. The molecule has 0 saturated carbocycles. The molecule has 8 nitrogen and oxygen atoms in total. The number of ether oxygens (including phenoxy) is 1. The summed E-state index contributed by atoms with van der Waals surface area (Å²) in [5, 5.41) is 4.48. The molecule has 1 aromatic carbocycles. The van der Waals surface area contributed by atoms with Crippen LogP contribution in [-0.4, -0.2) is 32.2 Å². The maximum atomic E-state index is 12.2. The molecule has 1 amide bonds. The maximum absolute atomic E-state index is 12.2. The molecule has 0 aliphatic heterocycles. The number of nitrogens with one attached hydrogen (secondary N) is 2. The minimum Gasteiger partial charge on any atom is -0.443 e. The van der Waals surface area contributed by atoms with Gasteiger partial charge in [0.25, 0.3) is 0 Å². The van der Waals surface area contributed by atoms with Crippen molar-refractivity contribution < 1.29 is 35.5 Å². The van der Waals surface area contributed by atoms with Gasteiger partial charge in [-0.3, -0.25) is 4.79 Å². The number of benzene rings is 1. The van der Waals surface area contributed by atoms with Gasteiger partial charge in [0.15, 0.2) is 0 Å². The molecule has 0 fully saturated rings. The van der Waals surface area contributed by atoms with E-state index in [9.17, 15) is 26.4 Å². The molecule has 3 rings (SSSR count). The first-order valence-electron chi connectivity index (χ1n) is 8.73. The average molecular weight is 475 g/mol. The van der Waals surface area contributed by atoms with Gasteiger partial charge in [-0.1, -0.05) is 6.07 Å². The average Bonchev–Trinajstić information content (AvgIpc) is 3.37. The Kier molecular flexibility index (Phi) is 6.97. The molecule has 0 saturated heterocycles. The molecule has 0 atom stereocenters. The predicted molar refractivity (Wildman–Crippen MR) is 105 cm³/mol. The van der Waals surface area contributed by atoms with E-state index < -0.39 is 28.0 Å². The summed E-state index contributed by atoms with van der Waals surface area (Å²) in [5.41, 5.74) is 0.512. The first kappa shape index (κ1) is 22.8. The minimum atomic E-state index is -4.87. The topological polar surface area (TPSA) is 111 Å². The second-order valence-electron chi connectivity index (χ2n) is 6.07. The molecule has 3 aromatic rings. The van der Waals surface area contributed by atoms with E-state index >= 15 is 0 Å². The van der Waals surface area contributed by atoms with Gasteiger partial charge in [0.2, 0.25) is 21.8 Å². The molecular formula is C18H16F3N3O5S2. The molecule has 0 spiro atoms. The number of rotatable bonds is 9.